The smallest absolute Gasteiger partial charge is 0.382 e. The summed E-state index contributed by atoms with van der Waals surface area (Å²) in [5.74, 6) is 3.53. The molecular weight excluding hydrogens is 1340 g/mol. The van der Waals surface area contributed by atoms with Gasteiger partial charge in [-0.1, -0.05) is 0 Å². The van der Waals surface area contributed by atoms with Gasteiger partial charge >= 0.3 is 17.1 Å². The zero-order valence-electron chi connectivity index (χ0n) is 60.2. The number of methoxy groups -OCH3 is 8. The van der Waals surface area contributed by atoms with Crippen LogP contribution in [0.3, 0.4) is 0 Å². The van der Waals surface area contributed by atoms with Crippen LogP contribution in [0.2, 0.25) is 0 Å². The molecule has 0 aliphatic carbocycles. The van der Waals surface area contributed by atoms with Crippen molar-refractivity contribution in [1.82, 2.24) is 38.2 Å². The fourth-order valence-electron chi connectivity index (χ4n) is 11.9. The van der Waals surface area contributed by atoms with Gasteiger partial charge in [0, 0.05) is 56.9 Å². The van der Waals surface area contributed by atoms with Crippen molar-refractivity contribution in [2.75, 3.05) is 215 Å². The van der Waals surface area contributed by atoms with Crippen molar-refractivity contribution in [3.8, 4) is 45.6 Å². The molecule has 29 heteroatoms. The average Bonchev–Trinajstić information content (AvgIpc) is 1.60. The molecule has 7 aromatic rings. The number of aromatic nitrogens is 12. The van der Waals surface area contributed by atoms with E-state index >= 15 is 0 Å². The van der Waals surface area contributed by atoms with E-state index in [1.54, 1.807) is 56.9 Å². The number of imidazole rings is 4. The van der Waals surface area contributed by atoms with E-state index in [0.717, 1.165) is 67.6 Å². The fraction of sp³-hybridized carbons (Fsp3) is 0.556. The Morgan fingerprint density at radius 2 is 0.475 bits per heavy atom. The van der Waals surface area contributed by atoms with Gasteiger partial charge in [-0.15, -0.1) is 0 Å². The summed E-state index contributed by atoms with van der Waals surface area (Å²) in [6.07, 6.45) is 25.3. The molecule has 8 bridgehead atoms. The summed E-state index contributed by atoms with van der Waals surface area (Å²) in [4.78, 5) is 19.8. The van der Waals surface area contributed by atoms with Gasteiger partial charge in [-0.05, 0) is 48.6 Å². The molecule has 9 rings (SSSR count). The second kappa shape index (κ2) is 44.7. The van der Waals surface area contributed by atoms with Crippen LogP contribution in [0.1, 0.15) is 22.8 Å². The zero-order chi connectivity index (χ0) is 69.9. The van der Waals surface area contributed by atoms with Crippen LogP contribution in [0.5, 0.6) is 0 Å². The molecule has 7 aromatic heterocycles. The summed E-state index contributed by atoms with van der Waals surface area (Å²) in [7, 11) is 13.4. The molecule has 101 heavy (non-hydrogen) atoms. The van der Waals surface area contributed by atoms with Crippen LogP contribution in [0.4, 0.5) is 0 Å². The maximum Gasteiger partial charge on any atom is 3.00 e. The number of aromatic amines is 2. The molecule has 551 valence electrons. The molecule has 2 aliphatic rings. The van der Waals surface area contributed by atoms with Crippen LogP contribution in [-0.4, -0.2) is 254 Å². The SMILES string of the molecule is COCCOCCn1cc[n+](CCOCCOC)c1-c1c2nc(c(-c3n(CCOCCOC)cc[n+]3CCOCCOC)c3ccc([nH]3)c(-c3n(CCOCCOC)cc[n+]3CCOCCOC)c3nc(c(-c4n(CCOCCOC)cc[n+]4CCOCCOC)c4ccc1[nH]4)C=C3)C=C2.[Fe+3]. The molecule has 0 saturated carbocycles. The van der Waals surface area contributed by atoms with Gasteiger partial charge in [-0.25, -0.2) is 46.5 Å². The third-order valence-corrected chi connectivity index (χ3v) is 16.8. The van der Waals surface area contributed by atoms with Crippen molar-refractivity contribution in [1.29, 1.82) is 0 Å². The van der Waals surface area contributed by atoms with Gasteiger partial charge in [-0.2, -0.15) is 0 Å². The summed E-state index contributed by atoms with van der Waals surface area (Å²) >= 11 is 0. The van der Waals surface area contributed by atoms with Gasteiger partial charge in [0.25, 0.3) is 23.3 Å². The molecule has 0 fully saturated rings. The molecule has 0 spiro atoms. The van der Waals surface area contributed by atoms with Crippen molar-refractivity contribution in [3.05, 3.63) is 96.6 Å². The van der Waals surface area contributed by atoms with E-state index < -0.39 is 0 Å². The maximum absolute atomic E-state index is 6.21. The molecule has 0 atom stereocenters. The summed E-state index contributed by atoms with van der Waals surface area (Å²) in [5.41, 5.74) is 9.42. The van der Waals surface area contributed by atoms with Gasteiger partial charge < -0.3 is 85.8 Å². The first-order valence-electron chi connectivity index (χ1n) is 34.4. The Hall–Kier alpha value is -6.68. The number of rotatable bonds is 52. The summed E-state index contributed by atoms with van der Waals surface area (Å²) < 4.78 is 111. The molecule has 9 heterocycles. The Kier molecular flexibility index (Phi) is 35.4. The minimum absolute atomic E-state index is 0. The van der Waals surface area contributed by atoms with Crippen molar-refractivity contribution in [2.45, 2.75) is 52.4 Å². The van der Waals surface area contributed by atoms with E-state index in [1.807, 2.05) is 0 Å². The molecule has 1 radical (unpaired) electrons. The van der Waals surface area contributed by atoms with Crippen LogP contribution in [0.25, 0.3) is 91.9 Å². The van der Waals surface area contributed by atoms with Crippen LogP contribution >= 0.6 is 0 Å². The van der Waals surface area contributed by atoms with Crippen LogP contribution in [0, 0.1) is 0 Å². The van der Waals surface area contributed by atoms with Gasteiger partial charge in [0.05, 0.1) is 203 Å². The molecule has 0 amide bonds. The second-order valence-electron chi connectivity index (χ2n) is 23.4. The molecule has 2 N–H and O–H groups in total. The first-order chi connectivity index (χ1) is 49.4. The minimum atomic E-state index is 0. The van der Waals surface area contributed by atoms with E-state index in [2.05, 4.69) is 145 Å². The third-order valence-electron chi connectivity index (χ3n) is 16.8. The van der Waals surface area contributed by atoms with E-state index in [0.29, 0.717) is 234 Å². The number of hydrogen-bond acceptors (Lipinski definition) is 18. The molecule has 0 aromatic carbocycles. The van der Waals surface area contributed by atoms with Crippen molar-refractivity contribution in [3.63, 3.8) is 0 Å². The molecule has 2 aliphatic heterocycles. The Balaban J connectivity index is 0.0000130. The normalized spacial score (nSPS) is 12.1. The van der Waals surface area contributed by atoms with Gasteiger partial charge in [0.1, 0.15) is 124 Å². The van der Waals surface area contributed by atoms with Gasteiger partial charge in [0.2, 0.25) is 0 Å². The van der Waals surface area contributed by atoms with Crippen molar-refractivity contribution >= 4 is 46.4 Å². The molecular formula is C72H106FeN12O16+7. The van der Waals surface area contributed by atoms with Gasteiger partial charge in [0.15, 0.2) is 0 Å². The van der Waals surface area contributed by atoms with E-state index in [-0.39, 0.29) is 17.1 Å². The number of ether oxygens (including phenoxy) is 16. The molecule has 28 nitrogen and oxygen atoms in total. The predicted molar refractivity (Wildman–Crippen MR) is 375 cm³/mol. The second-order valence-corrected chi connectivity index (χ2v) is 23.4. The Labute approximate surface area is 602 Å². The number of H-pyrrole nitrogens is 2. The minimum Gasteiger partial charge on any atom is -0.382 e. The zero-order valence-corrected chi connectivity index (χ0v) is 61.3. The first-order valence-corrected chi connectivity index (χ1v) is 34.4. The van der Waals surface area contributed by atoms with Crippen LogP contribution in [-0.2, 0) is 145 Å². The topological polar surface area (TPSA) is 240 Å². The third kappa shape index (κ3) is 22.7. The number of nitrogens with zero attached hydrogens (tertiary/aromatic N) is 10. The quantitative estimate of drug-likeness (QED) is 0.0290. The van der Waals surface area contributed by atoms with Crippen molar-refractivity contribution < 1.29 is 111 Å². The standard InChI is InChI=1S/C72H105N12O16.Fe/c1-85-41-49-93-33-25-77-17-18-78(26-34-94-50-42-86-2)69(77)65-57-9-11-59(73-57)66(70-79(27-35-95-51-43-87-3)19-20-80(70)28-36-96-52-44-88-4)61-13-15-63(75-61)68(72-83(31-39-99-55-47-91-7)23-24-84(72)32-40-100-56-48-92-8)64-16-14-62(76-64)67(60-12-10-58(65)74-60)71-81(29-37-97-53-45-89-5)21-22-82(71)30-38-98-54-46-90-6;/h9-24H,25-56H2,1-8H3,(H,73,74,75,76);/q2*+3/p+1. The Morgan fingerprint density at radius 1 is 0.277 bits per heavy atom. The Bertz CT molecular complexity index is 3200. The van der Waals surface area contributed by atoms with Gasteiger partial charge in [-0.3, -0.25) is 0 Å². The summed E-state index contributed by atoms with van der Waals surface area (Å²) in [6.45, 7) is 14.9. The van der Waals surface area contributed by atoms with E-state index in [1.165, 1.54) is 0 Å². The average molecular weight is 1450 g/mol. The summed E-state index contributed by atoms with van der Waals surface area (Å²) in [5, 5.41) is 0. The van der Waals surface area contributed by atoms with E-state index in [9.17, 15) is 0 Å². The largest absolute Gasteiger partial charge is 3.00 e. The molecule has 0 saturated heterocycles. The summed E-state index contributed by atoms with van der Waals surface area (Å²) in [6, 6.07) is 8.60. The fourth-order valence-corrected chi connectivity index (χ4v) is 11.9. The first kappa shape index (κ1) is 80.0. The van der Waals surface area contributed by atoms with Crippen molar-refractivity contribution in [2.24, 2.45) is 0 Å². The monoisotopic (exact) mass is 1450 g/mol. The number of nitrogens with one attached hydrogen (secondary N) is 2. The maximum atomic E-state index is 6.21. The Morgan fingerprint density at radius 3 is 0.673 bits per heavy atom. The number of fused-ring (bicyclic) bond motifs is 8. The number of hydrogen-bond donors (Lipinski definition) is 2. The van der Waals surface area contributed by atoms with Crippen LogP contribution in [0.15, 0.2) is 73.8 Å². The predicted octanol–water partition coefficient (Wildman–Crippen LogP) is 4.98. The molecule has 0 unspecified atom stereocenters. The van der Waals surface area contributed by atoms with E-state index in [4.69, 9.17) is 85.8 Å². The van der Waals surface area contributed by atoms with Crippen LogP contribution < -0.4 is 18.3 Å².